The van der Waals surface area contributed by atoms with E-state index in [9.17, 15) is 0 Å². The SMILES string of the molecule is CCSCCNCC1CCSC1. The van der Waals surface area contributed by atoms with Gasteiger partial charge in [-0.15, -0.1) is 0 Å². The molecule has 1 saturated heterocycles. The number of nitrogens with one attached hydrogen (secondary N) is 1. The minimum Gasteiger partial charge on any atom is -0.316 e. The minimum absolute atomic E-state index is 0.960. The second kappa shape index (κ2) is 7.10. The maximum Gasteiger partial charge on any atom is 0.00580 e. The zero-order valence-corrected chi connectivity index (χ0v) is 9.48. The van der Waals surface area contributed by atoms with Crippen LogP contribution in [0.3, 0.4) is 0 Å². The van der Waals surface area contributed by atoms with Gasteiger partial charge in [-0.25, -0.2) is 0 Å². The van der Waals surface area contributed by atoms with Crippen molar-refractivity contribution in [1.82, 2.24) is 5.32 Å². The summed E-state index contributed by atoms with van der Waals surface area (Å²) in [6, 6.07) is 0. The van der Waals surface area contributed by atoms with E-state index in [4.69, 9.17) is 0 Å². The van der Waals surface area contributed by atoms with Crippen molar-refractivity contribution in [3.05, 3.63) is 0 Å². The van der Waals surface area contributed by atoms with Crippen molar-refractivity contribution in [3.8, 4) is 0 Å². The van der Waals surface area contributed by atoms with Crippen LogP contribution in [0.1, 0.15) is 13.3 Å². The van der Waals surface area contributed by atoms with E-state index in [-0.39, 0.29) is 0 Å². The van der Waals surface area contributed by atoms with E-state index in [1.165, 1.54) is 42.5 Å². The van der Waals surface area contributed by atoms with Gasteiger partial charge in [0, 0.05) is 12.3 Å². The van der Waals surface area contributed by atoms with Gasteiger partial charge in [-0.1, -0.05) is 6.92 Å². The molecule has 1 rings (SSSR count). The summed E-state index contributed by atoms with van der Waals surface area (Å²) in [5.74, 6) is 6.25. The van der Waals surface area contributed by atoms with Gasteiger partial charge >= 0.3 is 0 Å². The molecule has 0 aromatic rings. The summed E-state index contributed by atoms with van der Waals surface area (Å²) in [7, 11) is 0. The van der Waals surface area contributed by atoms with Crippen molar-refractivity contribution < 1.29 is 0 Å². The summed E-state index contributed by atoms with van der Waals surface area (Å²) in [6.45, 7) is 4.66. The molecule has 0 aromatic heterocycles. The fourth-order valence-electron chi connectivity index (χ4n) is 1.34. The molecule has 1 aliphatic heterocycles. The van der Waals surface area contributed by atoms with Crippen LogP contribution in [-0.2, 0) is 0 Å². The second-order valence-corrected chi connectivity index (χ2v) is 5.67. The largest absolute Gasteiger partial charge is 0.316 e. The van der Waals surface area contributed by atoms with Gasteiger partial charge in [0.15, 0.2) is 0 Å². The molecule has 1 N–H and O–H groups in total. The number of thioether (sulfide) groups is 2. The molecule has 1 aliphatic rings. The highest BCUT2D eigenvalue weighted by Crippen LogP contribution is 2.22. The van der Waals surface area contributed by atoms with Gasteiger partial charge in [-0.05, 0) is 36.1 Å². The molecule has 0 aliphatic carbocycles. The molecule has 1 atom stereocenters. The van der Waals surface area contributed by atoms with Gasteiger partial charge in [0.2, 0.25) is 0 Å². The number of hydrogen-bond donors (Lipinski definition) is 1. The van der Waals surface area contributed by atoms with E-state index in [0.717, 1.165) is 5.92 Å². The molecular weight excluding hydrogens is 186 g/mol. The average molecular weight is 205 g/mol. The first-order chi connectivity index (χ1) is 5.93. The summed E-state index contributed by atoms with van der Waals surface area (Å²) in [6.07, 6.45) is 1.43. The fourth-order valence-corrected chi connectivity index (χ4v) is 3.20. The van der Waals surface area contributed by atoms with Crippen molar-refractivity contribution in [2.24, 2.45) is 5.92 Å². The van der Waals surface area contributed by atoms with Gasteiger partial charge in [-0.3, -0.25) is 0 Å². The number of hydrogen-bond acceptors (Lipinski definition) is 3. The first kappa shape index (κ1) is 10.7. The predicted molar refractivity (Wildman–Crippen MR) is 61.3 cm³/mol. The lowest BCUT2D eigenvalue weighted by Crippen LogP contribution is -2.24. The summed E-state index contributed by atoms with van der Waals surface area (Å²) in [5.41, 5.74) is 0. The fraction of sp³-hybridized carbons (Fsp3) is 1.00. The van der Waals surface area contributed by atoms with E-state index in [1.807, 2.05) is 11.8 Å². The van der Waals surface area contributed by atoms with Crippen molar-refractivity contribution in [1.29, 1.82) is 0 Å². The van der Waals surface area contributed by atoms with E-state index >= 15 is 0 Å². The molecule has 0 bridgehead atoms. The minimum atomic E-state index is 0.960. The Labute approximate surface area is 84.4 Å². The lowest BCUT2D eigenvalue weighted by Gasteiger charge is -2.08. The van der Waals surface area contributed by atoms with Crippen molar-refractivity contribution in [2.45, 2.75) is 13.3 Å². The summed E-state index contributed by atoms with van der Waals surface area (Å²) >= 11 is 4.13. The molecule has 0 radical (unpaired) electrons. The molecule has 1 heterocycles. The highest BCUT2D eigenvalue weighted by Gasteiger charge is 2.13. The Morgan fingerprint density at radius 1 is 1.58 bits per heavy atom. The monoisotopic (exact) mass is 205 g/mol. The Hall–Kier alpha value is 0.660. The Balaban J connectivity index is 1.81. The summed E-state index contributed by atoms with van der Waals surface area (Å²) in [5, 5.41) is 3.53. The van der Waals surface area contributed by atoms with Crippen LogP contribution in [0, 0.1) is 5.92 Å². The van der Waals surface area contributed by atoms with Crippen LogP contribution in [0.25, 0.3) is 0 Å². The smallest absolute Gasteiger partial charge is 0.00580 e. The van der Waals surface area contributed by atoms with E-state index in [1.54, 1.807) is 0 Å². The normalized spacial score (nSPS) is 23.2. The molecule has 0 saturated carbocycles. The topological polar surface area (TPSA) is 12.0 Å². The van der Waals surface area contributed by atoms with E-state index in [0.29, 0.717) is 0 Å². The maximum absolute atomic E-state index is 3.53. The van der Waals surface area contributed by atoms with Crippen LogP contribution >= 0.6 is 23.5 Å². The summed E-state index contributed by atoms with van der Waals surface area (Å²) < 4.78 is 0. The standard InChI is InChI=1S/C9H19NS2/c1-2-11-6-4-10-7-9-3-5-12-8-9/h9-10H,2-8H2,1H3. The zero-order chi connectivity index (χ0) is 8.65. The third-order valence-electron chi connectivity index (χ3n) is 2.08. The molecule has 1 fully saturated rings. The third kappa shape index (κ3) is 4.63. The van der Waals surface area contributed by atoms with E-state index < -0.39 is 0 Å². The van der Waals surface area contributed by atoms with Crippen molar-refractivity contribution in [2.75, 3.05) is 36.1 Å². The first-order valence-electron chi connectivity index (χ1n) is 4.79. The third-order valence-corrected chi connectivity index (χ3v) is 4.22. The zero-order valence-electron chi connectivity index (χ0n) is 7.84. The van der Waals surface area contributed by atoms with Crippen LogP contribution < -0.4 is 5.32 Å². The van der Waals surface area contributed by atoms with Crippen LogP contribution in [0.5, 0.6) is 0 Å². The van der Waals surface area contributed by atoms with Crippen LogP contribution in [0.2, 0.25) is 0 Å². The molecule has 12 heavy (non-hydrogen) atoms. The first-order valence-corrected chi connectivity index (χ1v) is 7.10. The molecule has 3 heteroatoms. The van der Waals surface area contributed by atoms with Crippen molar-refractivity contribution in [3.63, 3.8) is 0 Å². The molecular formula is C9H19NS2. The van der Waals surface area contributed by atoms with Crippen LogP contribution in [-0.4, -0.2) is 36.1 Å². The quantitative estimate of drug-likeness (QED) is 0.667. The molecule has 0 aromatic carbocycles. The van der Waals surface area contributed by atoms with E-state index in [2.05, 4.69) is 24.0 Å². The Kier molecular flexibility index (Phi) is 6.35. The molecule has 0 amide bonds. The van der Waals surface area contributed by atoms with Gasteiger partial charge in [-0.2, -0.15) is 23.5 Å². The molecule has 1 unspecified atom stereocenters. The highest BCUT2D eigenvalue weighted by atomic mass is 32.2. The predicted octanol–water partition coefficient (Wildman–Crippen LogP) is 2.08. The molecule has 0 spiro atoms. The van der Waals surface area contributed by atoms with Crippen molar-refractivity contribution >= 4 is 23.5 Å². The Morgan fingerprint density at radius 2 is 2.50 bits per heavy atom. The average Bonchev–Trinajstić information content (AvgIpc) is 2.57. The summed E-state index contributed by atoms with van der Waals surface area (Å²) in [4.78, 5) is 0. The molecule has 72 valence electrons. The van der Waals surface area contributed by atoms with Gasteiger partial charge < -0.3 is 5.32 Å². The van der Waals surface area contributed by atoms with Gasteiger partial charge in [0.25, 0.3) is 0 Å². The Morgan fingerprint density at radius 3 is 3.17 bits per heavy atom. The lowest BCUT2D eigenvalue weighted by atomic mass is 10.1. The lowest BCUT2D eigenvalue weighted by molar-refractivity contribution is 0.536. The highest BCUT2D eigenvalue weighted by molar-refractivity contribution is 7.99. The second-order valence-electron chi connectivity index (χ2n) is 3.13. The maximum atomic E-state index is 3.53. The van der Waals surface area contributed by atoms with Gasteiger partial charge in [0.05, 0.1) is 0 Å². The number of rotatable bonds is 6. The van der Waals surface area contributed by atoms with Crippen LogP contribution in [0.4, 0.5) is 0 Å². The Bertz CT molecular complexity index is 103. The van der Waals surface area contributed by atoms with Gasteiger partial charge in [0.1, 0.15) is 0 Å². The van der Waals surface area contributed by atoms with Crippen LogP contribution in [0.15, 0.2) is 0 Å². The molecule has 1 nitrogen and oxygen atoms in total.